The molecule has 5 nitrogen and oxygen atoms in total. The summed E-state index contributed by atoms with van der Waals surface area (Å²) in [6.45, 7) is 17.9. The van der Waals surface area contributed by atoms with Crippen molar-refractivity contribution in [1.82, 2.24) is 9.80 Å². The van der Waals surface area contributed by atoms with Gasteiger partial charge >= 0.3 is 0 Å². The number of likely N-dealkylation sites (tertiary alicyclic amines) is 2. The minimum Gasteiger partial charge on any atom is -0.375 e. The van der Waals surface area contributed by atoms with E-state index in [0.29, 0.717) is 18.4 Å². The first-order valence-corrected chi connectivity index (χ1v) is 16.2. The standard InChI is InChI=1S/C37H51N3O2/c1-25-11-7-12-26(2)33(25)36(42)40-22-10-16-32(35(41)38-31-15-8-14-30(23-31)37(4,5)6)34(40)29-19-17-28(18-20-29)24-39-21-9-13-27(39)3/h7-8,11-12,14-15,23,28-29,32,34H,3,9-10,13,16-22,24H2,1-2,4-6H3,(H,38,41)/t28?,29?,32-,34-/m0/s1. The summed E-state index contributed by atoms with van der Waals surface area (Å²) >= 11 is 0. The number of nitrogens with one attached hydrogen (secondary N) is 1. The molecular weight excluding hydrogens is 518 g/mol. The van der Waals surface area contributed by atoms with Gasteiger partial charge in [-0.3, -0.25) is 9.59 Å². The average Bonchev–Trinajstić information content (AvgIpc) is 3.36. The van der Waals surface area contributed by atoms with Crippen molar-refractivity contribution in [3.63, 3.8) is 0 Å². The molecule has 5 rings (SSSR count). The Balaban J connectivity index is 1.39. The first-order chi connectivity index (χ1) is 20.0. The largest absolute Gasteiger partial charge is 0.375 e. The van der Waals surface area contributed by atoms with Gasteiger partial charge in [-0.2, -0.15) is 0 Å². The average molecular weight is 570 g/mol. The summed E-state index contributed by atoms with van der Waals surface area (Å²) in [7, 11) is 0. The number of aryl methyl sites for hydroxylation is 2. The van der Waals surface area contributed by atoms with Gasteiger partial charge in [0.15, 0.2) is 0 Å². The van der Waals surface area contributed by atoms with E-state index >= 15 is 0 Å². The number of allylic oxidation sites excluding steroid dienone is 1. The molecular formula is C37H51N3O2. The molecule has 1 saturated carbocycles. The summed E-state index contributed by atoms with van der Waals surface area (Å²) in [5.74, 6) is 0.923. The molecule has 3 fully saturated rings. The molecule has 2 heterocycles. The Bertz CT molecular complexity index is 1280. The summed E-state index contributed by atoms with van der Waals surface area (Å²) in [5, 5.41) is 3.28. The summed E-state index contributed by atoms with van der Waals surface area (Å²) in [6.07, 6.45) is 8.45. The molecule has 2 aromatic rings. The van der Waals surface area contributed by atoms with Crippen LogP contribution in [0.5, 0.6) is 0 Å². The van der Waals surface area contributed by atoms with Crippen LogP contribution in [0.25, 0.3) is 0 Å². The maximum Gasteiger partial charge on any atom is 0.254 e. The van der Waals surface area contributed by atoms with Gasteiger partial charge in [0, 0.05) is 42.6 Å². The van der Waals surface area contributed by atoms with Crippen molar-refractivity contribution >= 4 is 17.5 Å². The SMILES string of the molecule is C=C1CCCN1CC1CCC([C@H]2[C@@H](C(=O)Nc3cccc(C(C)(C)C)c3)CCCN2C(=O)c2c(C)cccc2C)CC1. The molecule has 0 bridgehead atoms. The smallest absolute Gasteiger partial charge is 0.254 e. The fourth-order valence-electron chi connectivity index (χ4n) is 7.75. The highest BCUT2D eigenvalue weighted by Crippen LogP contribution is 2.41. The van der Waals surface area contributed by atoms with Gasteiger partial charge in [-0.1, -0.05) is 57.7 Å². The van der Waals surface area contributed by atoms with Crippen molar-refractivity contribution in [1.29, 1.82) is 0 Å². The Kier molecular flexibility index (Phi) is 9.15. The Morgan fingerprint density at radius 3 is 2.26 bits per heavy atom. The number of hydrogen-bond donors (Lipinski definition) is 1. The maximum atomic E-state index is 14.3. The number of anilines is 1. The molecule has 1 aliphatic carbocycles. The van der Waals surface area contributed by atoms with E-state index in [1.54, 1.807) is 0 Å². The Morgan fingerprint density at radius 2 is 1.62 bits per heavy atom. The topological polar surface area (TPSA) is 52.7 Å². The van der Waals surface area contributed by atoms with E-state index in [-0.39, 0.29) is 29.2 Å². The Hall–Kier alpha value is -3.08. The quantitative estimate of drug-likeness (QED) is 0.385. The van der Waals surface area contributed by atoms with Gasteiger partial charge in [0.1, 0.15) is 0 Å². The molecule has 2 atom stereocenters. The van der Waals surface area contributed by atoms with E-state index in [4.69, 9.17) is 0 Å². The van der Waals surface area contributed by atoms with Gasteiger partial charge in [-0.15, -0.1) is 0 Å². The molecule has 3 aliphatic rings. The summed E-state index contributed by atoms with van der Waals surface area (Å²) in [6, 6.07) is 14.2. The van der Waals surface area contributed by atoms with Crippen LogP contribution in [0.1, 0.15) is 99.2 Å². The van der Waals surface area contributed by atoms with E-state index < -0.39 is 0 Å². The number of amides is 2. The second-order valence-corrected chi connectivity index (χ2v) is 14.2. The van der Waals surface area contributed by atoms with Crippen molar-refractivity contribution in [3.05, 3.63) is 77.0 Å². The lowest BCUT2D eigenvalue weighted by atomic mass is 9.71. The van der Waals surface area contributed by atoms with Crippen LogP contribution in [0.15, 0.2) is 54.7 Å². The van der Waals surface area contributed by atoms with Gasteiger partial charge in [-0.25, -0.2) is 0 Å². The third-order valence-electron chi connectivity index (χ3n) is 10.2. The molecule has 2 saturated heterocycles. The van der Waals surface area contributed by atoms with Crippen molar-refractivity contribution in [2.24, 2.45) is 17.8 Å². The highest BCUT2D eigenvalue weighted by molar-refractivity contribution is 5.99. The van der Waals surface area contributed by atoms with Crippen molar-refractivity contribution in [3.8, 4) is 0 Å². The van der Waals surface area contributed by atoms with E-state index in [1.165, 1.54) is 17.7 Å². The van der Waals surface area contributed by atoms with Crippen LogP contribution >= 0.6 is 0 Å². The molecule has 2 aromatic carbocycles. The number of nitrogens with zero attached hydrogens (tertiary/aromatic N) is 2. The molecule has 0 unspecified atom stereocenters. The fourth-order valence-corrected chi connectivity index (χ4v) is 7.75. The van der Waals surface area contributed by atoms with Crippen molar-refractivity contribution in [2.45, 2.75) is 97.4 Å². The van der Waals surface area contributed by atoms with Crippen LogP contribution in [0.3, 0.4) is 0 Å². The minimum atomic E-state index is -0.217. The van der Waals surface area contributed by atoms with Crippen LogP contribution in [0.4, 0.5) is 5.69 Å². The zero-order valence-electron chi connectivity index (χ0n) is 26.5. The lowest BCUT2D eigenvalue weighted by molar-refractivity contribution is -0.124. The zero-order chi connectivity index (χ0) is 30.0. The summed E-state index contributed by atoms with van der Waals surface area (Å²) in [5.41, 5.74) is 6.18. The Morgan fingerprint density at radius 1 is 0.929 bits per heavy atom. The third kappa shape index (κ3) is 6.61. The van der Waals surface area contributed by atoms with Gasteiger partial charge in [-0.05, 0) is 111 Å². The van der Waals surface area contributed by atoms with Gasteiger partial charge in [0.25, 0.3) is 5.91 Å². The molecule has 0 aromatic heterocycles. The highest BCUT2D eigenvalue weighted by Gasteiger charge is 2.44. The Labute approximate surface area is 253 Å². The zero-order valence-corrected chi connectivity index (χ0v) is 26.5. The highest BCUT2D eigenvalue weighted by atomic mass is 16.2. The number of piperidine rings is 1. The maximum absolute atomic E-state index is 14.3. The van der Waals surface area contributed by atoms with Crippen molar-refractivity contribution in [2.75, 3.05) is 25.0 Å². The van der Waals surface area contributed by atoms with Crippen molar-refractivity contribution < 1.29 is 9.59 Å². The number of rotatable bonds is 6. The van der Waals surface area contributed by atoms with Gasteiger partial charge in [0.2, 0.25) is 5.91 Å². The summed E-state index contributed by atoms with van der Waals surface area (Å²) < 4.78 is 0. The third-order valence-corrected chi connectivity index (χ3v) is 10.2. The number of carbonyl (C=O) groups is 2. The monoisotopic (exact) mass is 569 g/mol. The van der Waals surface area contributed by atoms with E-state index in [1.807, 2.05) is 44.2 Å². The van der Waals surface area contributed by atoms with Crippen LogP contribution in [-0.4, -0.2) is 47.3 Å². The minimum absolute atomic E-state index is 0.00278. The molecule has 0 spiro atoms. The molecule has 0 radical (unpaired) electrons. The van der Waals surface area contributed by atoms with Gasteiger partial charge < -0.3 is 15.1 Å². The van der Waals surface area contributed by atoms with E-state index in [0.717, 1.165) is 80.4 Å². The first kappa shape index (κ1) is 30.4. The van der Waals surface area contributed by atoms with Crippen LogP contribution in [-0.2, 0) is 10.2 Å². The van der Waals surface area contributed by atoms with Gasteiger partial charge in [0.05, 0.1) is 5.92 Å². The molecule has 2 amide bonds. The number of hydrogen-bond acceptors (Lipinski definition) is 3. The molecule has 5 heteroatoms. The summed E-state index contributed by atoms with van der Waals surface area (Å²) in [4.78, 5) is 33.0. The lowest BCUT2D eigenvalue weighted by Gasteiger charge is -2.47. The normalized spacial score (nSPS) is 25.0. The lowest BCUT2D eigenvalue weighted by Crippen LogP contribution is -2.56. The van der Waals surface area contributed by atoms with E-state index in [9.17, 15) is 9.59 Å². The molecule has 1 N–H and O–H groups in total. The first-order valence-electron chi connectivity index (χ1n) is 16.2. The van der Waals surface area contributed by atoms with E-state index in [2.05, 4.69) is 54.6 Å². The molecule has 2 aliphatic heterocycles. The predicted molar refractivity (Wildman–Crippen MR) is 173 cm³/mol. The number of carbonyl (C=O) groups excluding carboxylic acids is 2. The second kappa shape index (κ2) is 12.7. The van der Waals surface area contributed by atoms with Crippen LogP contribution in [0.2, 0.25) is 0 Å². The van der Waals surface area contributed by atoms with Crippen LogP contribution < -0.4 is 5.32 Å². The molecule has 226 valence electrons. The second-order valence-electron chi connectivity index (χ2n) is 14.2. The van der Waals surface area contributed by atoms with Crippen LogP contribution in [0, 0.1) is 31.6 Å². The predicted octanol–water partition coefficient (Wildman–Crippen LogP) is 7.88. The fraction of sp³-hybridized carbons (Fsp3) is 0.568. The molecule has 42 heavy (non-hydrogen) atoms. The number of benzene rings is 2.